The molecule has 1 saturated heterocycles. The van der Waals surface area contributed by atoms with Gasteiger partial charge in [0.1, 0.15) is 5.56 Å². The van der Waals surface area contributed by atoms with Crippen molar-refractivity contribution in [1.29, 1.82) is 0 Å². The number of nitrogens with one attached hydrogen (secondary N) is 1. The molecule has 1 N–H and O–H groups in total. The average molecular weight is 333 g/mol. The third kappa shape index (κ3) is 4.69. The van der Waals surface area contributed by atoms with Gasteiger partial charge in [-0.15, -0.1) is 0 Å². The lowest BCUT2D eigenvalue weighted by molar-refractivity contribution is -0.124. The Balaban J connectivity index is 1.99. The van der Waals surface area contributed by atoms with Crippen LogP contribution in [0.3, 0.4) is 0 Å². The summed E-state index contributed by atoms with van der Waals surface area (Å²) in [6.45, 7) is 8.10. The largest absolute Gasteiger partial charge is 0.477 e. The van der Waals surface area contributed by atoms with Crippen molar-refractivity contribution >= 4 is 11.8 Å². The van der Waals surface area contributed by atoms with E-state index < -0.39 is 0 Å². The highest BCUT2D eigenvalue weighted by atomic mass is 16.5. The molecule has 0 bridgehead atoms. The smallest absolute Gasteiger partial charge is 0.259 e. The van der Waals surface area contributed by atoms with Crippen molar-refractivity contribution in [2.24, 2.45) is 11.8 Å². The van der Waals surface area contributed by atoms with E-state index in [4.69, 9.17) is 4.74 Å². The predicted octanol–water partition coefficient (Wildman–Crippen LogP) is 2.10. The number of ether oxygens (including phenoxy) is 1. The zero-order valence-electron chi connectivity index (χ0n) is 14.7. The lowest BCUT2D eigenvalue weighted by Gasteiger charge is -2.33. The van der Waals surface area contributed by atoms with Crippen molar-refractivity contribution in [3.05, 3.63) is 23.9 Å². The highest BCUT2D eigenvalue weighted by Crippen LogP contribution is 2.22. The van der Waals surface area contributed by atoms with E-state index >= 15 is 0 Å². The first-order chi connectivity index (χ1) is 11.5. The van der Waals surface area contributed by atoms with Gasteiger partial charge in [0.25, 0.3) is 5.91 Å². The van der Waals surface area contributed by atoms with Gasteiger partial charge in [-0.25, -0.2) is 4.98 Å². The maximum Gasteiger partial charge on any atom is 0.259 e. The first-order valence-corrected chi connectivity index (χ1v) is 8.67. The number of hydrogen-bond donors (Lipinski definition) is 1. The maximum absolute atomic E-state index is 12.8. The molecule has 0 aromatic carbocycles. The molecule has 0 radical (unpaired) electrons. The topological polar surface area (TPSA) is 71.5 Å². The van der Waals surface area contributed by atoms with Crippen LogP contribution in [-0.4, -0.2) is 47.9 Å². The Morgan fingerprint density at radius 3 is 2.96 bits per heavy atom. The number of carbonyl (C=O) groups is 2. The van der Waals surface area contributed by atoms with Crippen LogP contribution in [0.1, 0.15) is 44.0 Å². The Kier molecular flexibility index (Phi) is 6.58. The number of hydrogen-bond acceptors (Lipinski definition) is 4. The van der Waals surface area contributed by atoms with Crippen molar-refractivity contribution in [2.75, 3.05) is 26.2 Å². The third-order valence-corrected chi connectivity index (χ3v) is 4.18. The van der Waals surface area contributed by atoms with Gasteiger partial charge in [0, 0.05) is 31.7 Å². The van der Waals surface area contributed by atoms with Crippen molar-refractivity contribution < 1.29 is 14.3 Å². The van der Waals surface area contributed by atoms with Crippen LogP contribution in [0.2, 0.25) is 0 Å². The number of amides is 2. The Morgan fingerprint density at radius 2 is 2.25 bits per heavy atom. The monoisotopic (exact) mass is 333 g/mol. The molecule has 0 saturated carbocycles. The first-order valence-electron chi connectivity index (χ1n) is 8.67. The molecule has 1 aromatic heterocycles. The quantitative estimate of drug-likeness (QED) is 0.865. The number of nitrogens with zero attached hydrogens (tertiary/aromatic N) is 2. The number of rotatable bonds is 6. The van der Waals surface area contributed by atoms with Crippen molar-refractivity contribution in [1.82, 2.24) is 15.2 Å². The molecule has 1 aromatic rings. The lowest BCUT2D eigenvalue weighted by atomic mass is 9.97. The molecule has 2 heterocycles. The van der Waals surface area contributed by atoms with Crippen molar-refractivity contribution in [2.45, 2.75) is 33.6 Å². The van der Waals surface area contributed by atoms with Gasteiger partial charge < -0.3 is 15.0 Å². The summed E-state index contributed by atoms with van der Waals surface area (Å²) in [6.07, 6.45) is 3.59. The summed E-state index contributed by atoms with van der Waals surface area (Å²) in [5.74, 6) is 0.670. The van der Waals surface area contributed by atoms with E-state index in [1.54, 1.807) is 18.3 Å². The van der Waals surface area contributed by atoms with Gasteiger partial charge in [0.2, 0.25) is 11.8 Å². The fourth-order valence-electron chi connectivity index (χ4n) is 2.84. The number of aromatic nitrogens is 1. The molecule has 1 unspecified atom stereocenters. The summed E-state index contributed by atoms with van der Waals surface area (Å²) in [7, 11) is 0. The van der Waals surface area contributed by atoms with E-state index in [1.165, 1.54) is 0 Å². The summed E-state index contributed by atoms with van der Waals surface area (Å²) in [5, 5.41) is 2.97. The molecule has 1 aliphatic rings. The number of likely N-dealkylation sites (tertiary alicyclic amines) is 1. The van der Waals surface area contributed by atoms with Crippen molar-refractivity contribution in [3.8, 4) is 5.88 Å². The van der Waals surface area contributed by atoms with Gasteiger partial charge in [-0.3, -0.25) is 9.59 Å². The van der Waals surface area contributed by atoms with E-state index in [-0.39, 0.29) is 23.7 Å². The van der Waals surface area contributed by atoms with E-state index in [2.05, 4.69) is 10.3 Å². The molecule has 6 nitrogen and oxygen atoms in total. The SMILES string of the molecule is CCOc1ncccc1C(=O)N1CCCC(CNC(=O)C(C)C)C1. The molecular formula is C18H27N3O3. The van der Waals surface area contributed by atoms with Crippen LogP contribution in [0.15, 0.2) is 18.3 Å². The highest BCUT2D eigenvalue weighted by molar-refractivity contribution is 5.96. The van der Waals surface area contributed by atoms with Gasteiger partial charge >= 0.3 is 0 Å². The van der Waals surface area contributed by atoms with Crippen LogP contribution >= 0.6 is 0 Å². The predicted molar refractivity (Wildman–Crippen MR) is 91.9 cm³/mol. The molecule has 6 heteroatoms. The van der Waals surface area contributed by atoms with E-state index in [9.17, 15) is 9.59 Å². The van der Waals surface area contributed by atoms with E-state index in [1.807, 2.05) is 25.7 Å². The molecule has 1 aliphatic heterocycles. The maximum atomic E-state index is 12.8. The van der Waals surface area contributed by atoms with E-state index in [0.29, 0.717) is 31.1 Å². The Labute approximate surface area is 143 Å². The molecule has 24 heavy (non-hydrogen) atoms. The van der Waals surface area contributed by atoms with Crippen LogP contribution in [0.4, 0.5) is 0 Å². The van der Waals surface area contributed by atoms with Crippen LogP contribution in [-0.2, 0) is 4.79 Å². The second-order valence-corrected chi connectivity index (χ2v) is 6.45. The second kappa shape index (κ2) is 8.66. The summed E-state index contributed by atoms with van der Waals surface area (Å²) in [5.41, 5.74) is 0.506. The van der Waals surface area contributed by atoms with Crippen LogP contribution < -0.4 is 10.1 Å². The summed E-state index contributed by atoms with van der Waals surface area (Å²) in [4.78, 5) is 30.5. The standard InChI is InChI=1S/C18H27N3O3/c1-4-24-17-15(8-5-9-19-17)18(23)21-10-6-7-14(12-21)11-20-16(22)13(2)3/h5,8-9,13-14H,4,6-7,10-12H2,1-3H3,(H,20,22). The number of carbonyl (C=O) groups excluding carboxylic acids is 2. The van der Waals surface area contributed by atoms with Crippen LogP contribution in [0.25, 0.3) is 0 Å². The third-order valence-electron chi connectivity index (χ3n) is 4.18. The number of pyridine rings is 1. The molecule has 2 rings (SSSR count). The van der Waals surface area contributed by atoms with Crippen LogP contribution in [0.5, 0.6) is 5.88 Å². The van der Waals surface area contributed by atoms with E-state index in [0.717, 1.165) is 19.4 Å². The molecule has 1 fully saturated rings. The summed E-state index contributed by atoms with van der Waals surface area (Å²) in [6, 6.07) is 3.50. The fraction of sp³-hybridized carbons (Fsp3) is 0.611. The normalized spacial score (nSPS) is 17.7. The summed E-state index contributed by atoms with van der Waals surface area (Å²) >= 11 is 0. The lowest BCUT2D eigenvalue weighted by Crippen LogP contribution is -2.44. The summed E-state index contributed by atoms with van der Waals surface area (Å²) < 4.78 is 5.47. The Bertz CT molecular complexity index is 574. The minimum absolute atomic E-state index is 0.0181. The van der Waals surface area contributed by atoms with Gasteiger partial charge in [0.05, 0.1) is 6.61 Å². The molecule has 0 aliphatic carbocycles. The number of piperidine rings is 1. The highest BCUT2D eigenvalue weighted by Gasteiger charge is 2.27. The van der Waals surface area contributed by atoms with Gasteiger partial charge in [0.15, 0.2) is 0 Å². The zero-order chi connectivity index (χ0) is 17.5. The second-order valence-electron chi connectivity index (χ2n) is 6.45. The minimum atomic E-state index is -0.0496. The van der Waals surface area contributed by atoms with Gasteiger partial charge in [-0.05, 0) is 37.8 Å². The molecule has 132 valence electrons. The molecule has 2 amide bonds. The van der Waals surface area contributed by atoms with Gasteiger partial charge in [-0.2, -0.15) is 0 Å². The Morgan fingerprint density at radius 1 is 1.46 bits per heavy atom. The molecular weight excluding hydrogens is 306 g/mol. The average Bonchev–Trinajstić information content (AvgIpc) is 2.60. The minimum Gasteiger partial charge on any atom is -0.477 e. The molecule has 1 atom stereocenters. The zero-order valence-corrected chi connectivity index (χ0v) is 14.7. The fourth-order valence-corrected chi connectivity index (χ4v) is 2.84. The first kappa shape index (κ1) is 18.2. The van der Waals surface area contributed by atoms with Gasteiger partial charge in [-0.1, -0.05) is 13.8 Å². The van der Waals surface area contributed by atoms with Crippen LogP contribution in [0, 0.1) is 11.8 Å². The molecule has 0 spiro atoms. The van der Waals surface area contributed by atoms with Crippen molar-refractivity contribution in [3.63, 3.8) is 0 Å². The Hall–Kier alpha value is -2.11.